The second-order valence-electron chi connectivity index (χ2n) is 7.60. The molecule has 2 aromatic rings. The van der Waals surface area contributed by atoms with Gasteiger partial charge in [-0.2, -0.15) is 0 Å². The van der Waals surface area contributed by atoms with Crippen molar-refractivity contribution < 1.29 is 0 Å². The number of benzene rings is 1. The molecule has 22 heavy (non-hydrogen) atoms. The fraction of sp³-hybridized carbons (Fsp3) is 0.556. The lowest BCUT2D eigenvalue weighted by Gasteiger charge is -2.34. The van der Waals surface area contributed by atoms with Gasteiger partial charge in [-0.15, -0.1) is 0 Å². The Balaban J connectivity index is 1.79. The summed E-state index contributed by atoms with van der Waals surface area (Å²) in [6.07, 6.45) is 4.09. The summed E-state index contributed by atoms with van der Waals surface area (Å²) >= 11 is 0. The van der Waals surface area contributed by atoms with Gasteiger partial charge in [0.25, 0.3) is 5.56 Å². The van der Waals surface area contributed by atoms with Crippen LogP contribution in [-0.2, 0) is 6.54 Å². The Morgan fingerprint density at radius 1 is 1.32 bits per heavy atom. The number of hydrogen-bond donors (Lipinski definition) is 1. The molecule has 3 rings (SSSR count). The molecular formula is C18H25N3O. The van der Waals surface area contributed by atoms with Crippen LogP contribution in [0.1, 0.15) is 40.5 Å². The smallest absolute Gasteiger partial charge is 0.261 e. The predicted octanol–water partition coefficient (Wildman–Crippen LogP) is 2.95. The van der Waals surface area contributed by atoms with Crippen LogP contribution in [-0.4, -0.2) is 21.1 Å². The Bertz CT molecular complexity index is 738. The molecule has 1 saturated carbocycles. The van der Waals surface area contributed by atoms with Crippen molar-refractivity contribution in [3.63, 3.8) is 0 Å². The fourth-order valence-corrected chi connectivity index (χ4v) is 3.28. The van der Waals surface area contributed by atoms with Crippen molar-refractivity contribution >= 4 is 10.9 Å². The lowest BCUT2D eigenvalue weighted by molar-refractivity contribution is 0.220. The van der Waals surface area contributed by atoms with Crippen LogP contribution < -0.4 is 10.9 Å². The molecule has 0 amide bonds. The average molecular weight is 299 g/mol. The molecule has 0 saturated heterocycles. The molecule has 4 nitrogen and oxygen atoms in total. The molecule has 0 bridgehead atoms. The maximum atomic E-state index is 12.5. The summed E-state index contributed by atoms with van der Waals surface area (Å²) in [5.74, 6) is 0. The van der Waals surface area contributed by atoms with E-state index in [2.05, 4.69) is 38.0 Å². The quantitative estimate of drug-likeness (QED) is 0.944. The van der Waals surface area contributed by atoms with E-state index >= 15 is 0 Å². The van der Waals surface area contributed by atoms with Gasteiger partial charge in [-0.3, -0.25) is 9.36 Å². The summed E-state index contributed by atoms with van der Waals surface area (Å²) in [7, 11) is 0. The van der Waals surface area contributed by atoms with Crippen molar-refractivity contribution in [3.8, 4) is 0 Å². The number of fused-ring (bicyclic) bond motifs is 1. The van der Waals surface area contributed by atoms with Crippen molar-refractivity contribution in [2.45, 2.75) is 58.7 Å². The maximum Gasteiger partial charge on any atom is 0.261 e. The van der Waals surface area contributed by atoms with Crippen LogP contribution in [0.2, 0.25) is 0 Å². The van der Waals surface area contributed by atoms with E-state index < -0.39 is 0 Å². The monoisotopic (exact) mass is 299 g/mol. The number of hydrogen-bond acceptors (Lipinski definition) is 3. The highest BCUT2D eigenvalue weighted by atomic mass is 16.1. The van der Waals surface area contributed by atoms with Gasteiger partial charge in [-0.25, -0.2) is 4.98 Å². The third-order valence-electron chi connectivity index (χ3n) is 4.91. The summed E-state index contributed by atoms with van der Waals surface area (Å²) in [6.45, 7) is 9.64. The van der Waals surface area contributed by atoms with Crippen LogP contribution in [0.15, 0.2) is 35.4 Å². The highest BCUT2D eigenvalue weighted by molar-refractivity contribution is 5.76. The lowest BCUT2D eigenvalue weighted by atomic mass is 9.83. The second-order valence-corrected chi connectivity index (χ2v) is 7.60. The van der Waals surface area contributed by atoms with Gasteiger partial charge in [0.15, 0.2) is 0 Å². The van der Waals surface area contributed by atoms with Crippen LogP contribution >= 0.6 is 0 Å². The Morgan fingerprint density at radius 2 is 2.00 bits per heavy atom. The first kappa shape index (κ1) is 15.2. The molecular weight excluding hydrogens is 274 g/mol. The van der Waals surface area contributed by atoms with E-state index in [1.165, 1.54) is 12.8 Å². The topological polar surface area (TPSA) is 46.9 Å². The Labute approximate surface area is 131 Å². The van der Waals surface area contributed by atoms with Gasteiger partial charge in [0, 0.05) is 18.1 Å². The zero-order valence-corrected chi connectivity index (χ0v) is 13.9. The molecule has 0 unspecified atom stereocenters. The van der Waals surface area contributed by atoms with Crippen LogP contribution in [0.3, 0.4) is 0 Å². The van der Waals surface area contributed by atoms with Crippen molar-refractivity contribution in [1.29, 1.82) is 0 Å². The molecule has 1 atom stereocenters. The minimum atomic E-state index is 0.0415. The molecule has 0 aliphatic heterocycles. The molecule has 0 spiro atoms. The number of rotatable bonds is 4. The molecule has 1 heterocycles. The van der Waals surface area contributed by atoms with Crippen LogP contribution in [0, 0.1) is 5.41 Å². The highest BCUT2D eigenvalue weighted by Gasteiger charge is 2.52. The number of aromatic nitrogens is 2. The predicted molar refractivity (Wildman–Crippen MR) is 90.0 cm³/mol. The lowest BCUT2D eigenvalue weighted by Crippen LogP contribution is -2.49. The zero-order valence-electron chi connectivity index (χ0n) is 13.9. The van der Waals surface area contributed by atoms with Gasteiger partial charge in [0.05, 0.1) is 17.2 Å². The van der Waals surface area contributed by atoms with Gasteiger partial charge in [0.2, 0.25) is 0 Å². The number of para-hydroxylation sites is 1. The third kappa shape index (κ3) is 2.68. The van der Waals surface area contributed by atoms with E-state index in [4.69, 9.17) is 0 Å². The molecule has 0 radical (unpaired) electrons. The van der Waals surface area contributed by atoms with E-state index in [1.54, 1.807) is 10.9 Å². The first-order chi connectivity index (χ1) is 10.3. The van der Waals surface area contributed by atoms with E-state index in [9.17, 15) is 4.79 Å². The van der Waals surface area contributed by atoms with E-state index in [1.807, 2.05) is 24.3 Å². The Hall–Kier alpha value is -1.68. The van der Waals surface area contributed by atoms with Gasteiger partial charge in [-0.1, -0.05) is 32.9 Å². The van der Waals surface area contributed by atoms with Gasteiger partial charge in [0.1, 0.15) is 0 Å². The van der Waals surface area contributed by atoms with Crippen molar-refractivity contribution in [3.05, 3.63) is 40.9 Å². The summed E-state index contributed by atoms with van der Waals surface area (Å²) in [4.78, 5) is 16.9. The van der Waals surface area contributed by atoms with Crippen molar-refractivity contribution in [2.75, 3.05) is 0 Å². The van der Waals surface area contributed by atoms with Crippen LogP contribution in [0.25, 0.3) is 10.9 Å². The molecule has 1 fully saturated rings. The van der Waals surface area contributed by atoms with Crippen LogP contribution in [0.4, 0.5) is 0 Å². The normalized spacial score (nSPS) is 18.4. The molecule has 1 N–H and O–H groups in total. The van der Waals surface area contributed by atoms with Crippen molar-refractivity contribution in [2.24, 2.45) is 5.41 Å². The van der Waals surface area contributed by atoms with Gasteiger partial charge < -0.3 is 5.32 Å². The van der Waals surface area contributed by atoms with Gasteiger partial charge >= 0.3 is 0 Å². The van der Waals surface area contributed by atoms with Gasteiger partial charge in [-0.05, 0) is 37.3 Å². The summed E-state index contributed by atoms with van der Waals surface area (Å²) in [6, 6.07) is 7.75. The molecule has 1 aromatic carbocycles. The number of nitrogens with zero attached hydrogens (tertiary/aromatic N) is 2. The van der Waals surface area contributed by atoms with E-state index in [0.717, 1.165) is 5.52 Å². The molecule has 118 valence electrons. The summed E-state index contributed by atoms with van der Waals surface area (Å²) in [5.41, 5.74) is 1.27. The molecule has 1 aromatic heterocycles. The van der Waals surface area contributed by atoms with E-state index in [-0.39, 0.29) is 22.6 Å². The molecule has 1 aliphatic rings. The number of nitrogens with one attached hydrogen (secondary N) is 1. The average Bonchev–Trinajstić information content (AvgIpc) is 3.23. The third-order valence-corrected chi connectivity index (χ3v) is 4.91. The molecule has 4 heteroatoms. The van der Waals surface area contributed by atoms with E-state index in [0.29, 0.717) is 11.9 Å². The highest BCUT2D eigenvalue weighted by Crippen LogP contribution is 2.49. The maximum absolute atomic E-state index is 12.5. The minimum absolute atomic E-state index is 0.0415. The minimum Gasteiger partial charge on any atom is -0.306 e. The SMILES string of the molecule is C[C@H](Cn1cnc2ccccc2c1=O)NC1(C(C)(C)C)CC1. The Kier molecular flexibility index (Phi) is 3.60. The largest absolute Gasteiger partial charge is 0.306 e. The first-order valence-electron chi connectivity index (χ1n) is 8.04. The summed E-state index contributed by atoms with van der Waals surface area (Å²) < 4.78 is 1.72. The van der Waals surface area contributed by atoms with Crippen LogP contribution in [0.5, 0.6) is 0 Å². The summed E-state index contributed by atoms with van der Waals surface area (Å²) in [5, 5.41) is 4.43. The standard InChI is InChI=1S/C18H25N3O/c1-13(20-18(9-10-18)17(2,3)4)11-21-12-19-15-8-6-5-7-14(15)16(21)22/h5-8,12-13,20H,9-11H2,1-4H3/t13-/m1/s1. The fourth-order valence-electron chi connectivity index (χ4n) is 3.28. The second kappa shape index (κ2) is 5.20. The zero-order chi connectivity index (χ0) is 16.0. The van der Waals surface area contributed by atoms with Crippen molar-refractivity contribution in [1.82, 2.24) is 14.9 Å². The molecule has 1 aliphatic carbocycles. The Morgan fingerprint density at radius 3 is 2.64 bits per heavy atom. The first-order valence-corrected chi connectivity index (χ1v) is 8.04.